The van der Waals surface area contributed by atoms with Gasteiger partial charge in [-0.15, -0.1) is 11.3 Å². The average molecular weight is 547 g/mol. The number of halogens is 6. The van der Waals surface area contributed by atoms with Crippen LogP contribution in [0.25, 0.3) is 10.2 Å². The number of carbonyl (C=O) groups excluding carboxylic acids is 1. The highest BCUT2D eigenvalue weighted by Crippen LogP contribution is 2.32. The van der Waals surface area contributed by atoms with Gasteiger partial charge in [-0.2, -0.15) is 26.3 Å². The summed E-state index contributed by atoms with van der Waals surface area (Å²) < 4.78 is 78.0. The molecule has 0 aliphatic carbocycles. The highest BCUT2D eigenvalue weighted by atomic mass is 32.1. The van der Waals surface area contributed by atoms with Gasteiger partial charge < -0.3 is 10.8 Å². The van der Waals surface area contributed by atoms with Crippen LogP contribution in [0.3, 0.4) is 0 Å². The van der Waals surface area contributed by atoms with Gasteiger partial charge in [0.15, 0.2) is 0 Å². The zero-order valence-corrected chi connectivity index (χ0v) is 20.3. The van der Waals surface area contributed by atoms with Crippen LogP contribution < -0.4 is 17.0 Å². The molecule has 2 heterocycles. The number of aryl methyl sites for hydroxylation is 2. The van der Waals surface area contributed by atoms with Crippen molar-refractivity contribution < 1.29 is 41.0 Å². The number of hydrogen-bond acceptors (Lipinski definition) is 5. The van der Waals surface area contributed by atoms with Gasteiger partial charge in [0.1, 0.15) is 11.4 Å². The van der Waals surface area contributed by atoms with Crippen molar-refractivity contribution in [3.63, 3.8) is 0 Å². The van der Waals surface area contributed by atoms with Gasteiger partial charge in [0, 0.05) is 11.4 Å². The molecule has 0 aliphatic heterocycles. The molecular formula is C19H23F6N5O5S. The summed E-state index contributed by atoms with van der Waals surface area (Å²) in [5.41, 5.74) is 1.15. The fourth-order valence-corrected chi connectivity index (χ4v) is 4.78. The highest BCUT2D eigenvalue weighted by molar-refractivity contribution is 7.18. The van der Waals surface area contributed by atoms with Gasteiger partial charge in [-0.25, -0.2) is 24.4 Å². The Kier molecular flexibility index (Phi) is 7.78. The SMILES string of the molecule is Cc1c(CN(C(N)=O)N(C(=O)O)C(C)(C)C)sc2c1c(=O)n(CC(F)(F)F)c(=O)n2CCC(F)(F)F. The normalized spacial score (nSPS) is 12.7. The largest absolute Gasteiger partial charge is 0.464 e. The quantitative estimate of drug-likeness (QED) is 0.436. The number of carbonyl (C=O) groups is 2. The van der Waals surface area contributed by atoms with Crippen molar-refractivity contribution in [3.8, 4) is 0 Å². The Balaban J connectivity index is 2.81. The number of alkyl halides is 6. The van der Waals surface area contributed by atoms with Crippen LogP contribution in [-0.4, -0.2) is 54.3 Å². The summed E-state index contributed by atoms with van der Waals surface area (Å²) in [6.07, 6.45) is -12.9. The molecule has 0 radical (unpaired) electrons. The summed E-state index contributed by atoms with van der Waals surface area (Å²) in [5, 5.41) is 10.3. The van der Waals surface area contributed by atoms with Crippen molar-refractivity contribution in [2.75, 3.05) is 0 Å². The van der Waals surface area contributed by atoms with Crippen LogP contribution in [0.2, 0.25) is 0 Å². The monoisotopic (exact) mass is 547 g/mol. The lowest BCUT2D eigenvalue weighted by molar-refractivity contribution is -0.143. The maximum Gasteiger partial charge on any atom is 0.426 e. The first kappa shape index (κ1) is 29.0. The number of hydrogen-bond donors (Lipinski definition) is 2. The third-order valence-corrected chi connectivity index (χ3v) is 6.25. The molecule has 36 heavy (non-hydrogen) atoms. The smallest absolute Gasteiger partial charge is 0.426 e. The van der Waals surface area contributed by atoms with Crippen molar-refractivity contribution >= 4 is 33.7 Å². The van der Waals surface area contributed by atoms with E-state index in [0.29, 0.717) is 25.9 Å². The van der Waals surface area contributed by atoms with Gasteiger partial charge in [-0.3, -0.25) is 13.9 Å². The summed E-state index contributed by atoms with van der Waals surface area (Å²) >= 11 is 0.574. The Hall–Kier alpha value is -3.24. The third-order valence-electron chi connectivity index (χ3n) is 4.96. The van der Waals surface area contributed by atoms with Crippen molar-refractivity contribution in [1.82, 2.24) is 19.2 Å². The van der Waals surface area contributed by atoms with E-state index in [-0.39, 0.29) is 19.8 Å². The molecule has 17 heteroatoms. The summed E-state index contributed by atoms with van der Waals surface area (Å²) in [4.78, 5) is 49.1. The van der Waals surface area contributed by atoms with E-state index in [1.54, 1.807) is 0 Å². The number of thiophene rings is 1. The highest BCUT2D eigenvalue weighted by Gasteiger charge is 2.36. The van der Waals surface area contributed by atoms with Gasteiger partial charge in [0.05, 0.1) is 23.9 Å². The Morgan fingerprint density at radius 1 is 1.03 bits per heavy atom. The van der Waals surface area contributed by atoms with Gasteiger partial charge in [0.25, 0.3) is 5.56 Å². The van der Waals surface area contributed by atoms with E-state index in [1.165, 1.54) is 27.7 Å². The molecule has 0 aliphatic rings. The summed E-state index contributed by atoms with van der Waals surface area (Å²) in [7, 11) is 0. The number of nitrogens with two attached hydrogens (primary N) is 1. The van der Waals surface area contributed by atoms with Gasteiger partial charge in [0.2, 0.25) is 0 Å². The lowest BCUT2D eigenvalue weighted by Crippen LogP contribution is -2.58. The molecular weight excluding hydrogens is 524 g/mol. The molecule has 3 amide bonds. The van der Waals surface area contributed by atoms with Crippen molar-refractivity contribution in [2.45, 2.75) is 71.6 Å². The van der Waals surface area contributed by atoms with Crippen LogP contribution >= 0.6 is 11.3 Å². The minimum Gasteiger partial charge on any atom is -0.464 e. The molecule has 0 saturated heterocycles. The van der Waals surface area contributed by atoms with E-state index in [1.807, 2.05) is 0 Å². The summed E-state index contributed by atoms with van der Waals surface area (Å²) in [5.74, 6) is 0. The molecule has 0 spiro atoms. The summed E-state index contributed by atoms with van der Waals surface area (Å²) in [6, 6.07) is -1.23. The average Bonchev–Trinajstić information content (AvgIpc) is 2.97. The molecule has 2 rings (SSSR count). The van der Waals surface area contributed by atoms with Crippen LogP contribution in [0, 0.1) is 6.92 Å². The maximum absolute atomic E-state index is 13.0. The first-order valence-electron chi connectivity index (χ1n) is 10.1. The molecule has 2 aromatic heterocycles. The summed E-state index contributed by atoms with van der Waals surface area (Å²) in [6.45, 7) is 1.91. The molecule has 0 unspecified atom stereocenters. The van der Waals surface area contributed by atoms with Crippen LogP contribution in [0.5, 0.6) is 0 Å². The maximum atomic E-state index is 13.0. The van der Waals surface area contributed by atoms with E-state index in [9.17, 15) is 50.6 Å². The Morgan fingerprint density at radius 2 is 1.58 bits per heavy atom. The van der Waals surface area contributed by atoms with E-state index in [2.05, 4.69) is 0 Å². The van der Waals surface area contributed by atoms with Crippen LogP contribution in [-0.2, 0) is 19.6 Å². The lowest BCUT2D eigenvalue weighted by atomic mass is 10.1. The second kappa shape index (κ2) is 9.67. The molecule has 0 aromatic carbocycles. The number of amides is 3. The van der Waals surface area contributed by atoms with Crippen molar-refractivity contribution in [3.05, 3.63) is 31.3 Å². The van der Waals surface area contributed by atoms with Crippen LogP contribution in [0.4, 0.5) is 35.9 Å². The minimum absolute atomic E-state index is 0.0290. The first-order valence-corrected chi connectivity index (χ1v) is 11.0. The number of carboxylic acid groups (broad SMARTS) is 1. The molecule has 0 fully saturated rings. The minimum atomic E-state index is -5.03. The Bertz CT molecular complexity index is 1290. The number of nitrogens with zero attached hydrogens (tertiary/aromatic N) is 4. The van der Waals surface area contributed by atoms with E-state index in [4.69, 9.17) is 5.73 Å². The van der Waals surface area contributed by atoms with Gasteiger partial charge in [-0.05, 0) is 33.3 Å². The molecule has 0 bridgehead atoms. The molecule has 10 nitrogen and oxygen atoms in total. The fraction of sp³-hybridized carbons (Fsp3) is 0.579. The predicted molar refractivity (Wildman–Crippen MR) is 117 cm³/mol. The molecule has 0 atom stereocenters. The number of urea groups is 1. The second-order valence-corrected chi connectivity index (χ2v) is 9.88. The Morgan fingerprint density at radius 3 is 2.00 bits per heavy atom. The van der Waals surface area contributed by atoms with Gasteiger partial charge in [-0.1, -0.05) is 0 Å². The van der Waals surface area contributed by atoms with E-state index < -0.39 is 72.7 Å². The molecule has 0 saturated carbocycles. The zero-order valence-electron chi connectivity index (χ0n) is 19.5. The van der Waals surface area contributed by atoms with Crippen LogP contribution in [0.15, 0.2) is 9.59 Å². The number of hydrazine groups is 1. The topological polar surface area (TPSA) is 131 Å². The fourth-order valence-electron chi connectivity index (χ4n) is 3.48. The standard InChI is InChI=1S/C19H23F6N5O5S/c1-9-10(7-29(14(26)32)30(16(34)35)17(2,3)4)36-13-11(9)12(31)28(8-19(23,24)25)15(33)27(13)6-5-18(20,21)22/h5-8H2,1-4H3,(H2,26,32)(H,34,35). The second-order valence-electron chi connectivity index (χ2n) is 8.80. The number of primary amides is 1. The van der Waals surface area contributed by atoms with E-state index in [0.717, 1.165) is 0 Å². The van der Waals surface area contributed by atoms with Crippen LogP contribution in [0.1, 0.15) is 37.6 Å². The molecule has 2 aromatic rings. The molecule has 3 N–H and O–H groups in total. The zero-order chi connectivity index (χ0) is 28.0. The lowest BCUT2D eigenvalue weighted by Gasteiger charge is -2.40. The third kappa shape index (κ3) is 6.30. The van der Waals surface area contributed by atoms with E-state index >= 15 is 0 Å². The van der Waals surface area contributed by atoms with Crippen molar-refractivity contribution in [2.24, 2.45) is 5.73 Å². The number of aromatic nitrogens is 2. The predicted octanol–water partition coefficient (Wildman–Crippen LogP) is 3.62. The first-order chi connectivity index (χ1) is 16.2. The molecule has 202 valence electrons. The van der Waals surface area contributed by atoms with Gasteiger partial charge >= 0.3 is 30.2 Å². The van der Waals surface area contributed by atoms with Crippen molar-refractivity contribution in [1.29, 1.82) is 0 Å². The number of rotatable bonds is 5. The number of fused-ring (bicyclic) bond motifs is 1. The Labute approximate surface area is 203 Å².